The van der Waals surface area contributed by atoms with E-state index < -0.39 is 0 Å². The summed E-state index contributed by atoms with van der Waals surface area (Å²) in [5.74, 6) is 0.530. The molecule has 0 saturated carbocycles. The molecule has 0 saturated heterocycles. The summed E-state index contributed by atoms with van der Waals surface area (Å²) in [6.45, 7) is 5.56. The molecular weight excluding hydrogens is 444 g/mol. The van der Waals surface area contributed by atoms with Gasteiger partial charge in [-0.15, -0.1) is 0 Å². The molecule has 2 aromatic rings. The van der Waals surface area contributed by atoms with E-state index in [9.17, 15) is 10.2 Å². The lowest BCUT2D eigenvalue weighted by Gasteiger charge is -2.05. The van der Waals surface area contributed by atoms with Crippen molar-refractivity contribution in [3.05, 3.63) is 58.7 Å². The second kappa shape index (κ2) is 18.6. The predicted octanol–water partition coefficient (Wildman–Crippen LogP) is 8.44. The van der Waals surface area contributed by atoms with E-state index in [2.05, 4.69) is 23.8 Å². The number of aromatic hydroxyl groups is 2. The van der Waals surface area contributed by atoms with Gasteiger partial charge in [0.15, 0.2) is 0 Å². The van der Waals surface area contributed by atoms with Gasteiger partial charge in [-0.05, 0) is 61.1 Å². The number of aliphatic imine (C=N–C) groups is 2. The van der Waals surface area contributed by atoms with Crippen molar-refractivity contribution in [1.29, 1.82) is 0 Å². The molecule has 0 radical (unpaired) electrons. The number of benzene rings is 2. The Balaban J connectivity index is 1.75. The molecule has 0 aliphatic rings. The van der Waals surface area contributed by atoms with Crippen molar-refractivity contribution in [3.8, 4) is 11.5 Å². The van der Waals surface area contributed by atoms with Gasteiger partial charge in [-0.3, -0.25) is 9.98 Å². The highest BCUT2D eigenvalue weighted by Crippen LogP contribution is 2.20. The molecule has 0 unspecified atom stereocenters. The van der Waals surface area contributed by atoms with Crippen LogP contribution in [0.5, 0.6) is 11.5 Å². The quantitative estimate of drug-likeness (QED) is 0.153. The molecule has 4 heteroatoms. The van der Waals surface area contributed by atoms with Gasteiger partial charge in [0.2, 0.25) is 0 Å². The summed E-state index contributed by atoms with van der Waals surface area (Å²) in [5.41, 5.74) is 4.03. The van der Waals surface area contributed by atoms with E-state index in [1.807, 2.05) is 24.3 Å². The monoisotopic (exact) mass is 492 g/mol. The number of phenolic OH excluding ortho intramolecular Hbond substituents is 2. The molecule has 0 fully saturated rings. The van der Waals surface area contributed by atoms with Crippen molar-refractivity contribution in [2.24, 2.45) is 9.98 Å². The van der Waals surface area contributed by atoms with Crippen LogP contribution in [0, 0.1) is 0 Å². The number of hydrogen-bond acceptors (Lipinski definition) is 4. The van der Waals surface area contributed by atoms with Crippen molar-refractivity contribution < 1.29 is 10.2 Å². The normalized spacial score (nSPS) is 11.7. The van der Waals surface area contributed by atoms with Crippen LogP contribution < -0.4 is 0 Å². The second-order valence-electron chi connectivity index (χ2n) is 9.89. The standard InChI is InChI=1S/C32H48N2O2/c1-3-5-7-9-11-13-15-27-17-19-31(35)29(23-27)25-33-21-22-34-26-30-24-28(18-20-32(30)36)16-14-12-10-8-6-4-2/h17-20,23-26,35-36H,3-16,21-22H2,1-2H3. The molecule has 0 heterocycles. The lowest BCUT2D eigenvalue weighted by atomic mass is 10.0. The molecule has 0 aliphatic carbocycles. The van der Waals surface area contributed by atoms with E-state index in [-0.39, 0.29) is 11.5 Å². The molecule has 36 heavy (non-hydrogen) atoms. The summed E-state index contributed by atoms with van der Waals surface area (Å²) < 4.78 is 0. The fourth-order valence-electron chi connectivity index (χ4n) is 4.39. The molecular formula is C32H48N2O2. The predicted molar refractivity (Wildman–Crippen MR) is 155 cm³/mol. The van der Waals surface area contributed by atoms with Crippen LogP contribution in [0.3, 0.4) is 0 Å². The number of aryl methyl sites for hydroxylation is 2. The van der Waals surface area contributed by atoms with E-state index >= 15 is 0 Å². The fraction of sp³-hybridized carbons (Fsp3) is 0.562. The van der Waals surface area contributed by atoms with Crippen molar-refractivity contribution in [3.63, 3.8) is 0 Å². The minimum absolute atomic E-state index is 0.265. The smallest absolute Gasteiger partial charge is 0.124 e. The first-order chi connectivity index (χ1) is 17.6. The maximum atomic E-state index is 10.2. The molecule has 0 amide bonds. The van der Waals surface area contributed by atoms with Gasteiger partial charge in [0, 0.05) is 23.6 Å². The molecule has 0 atom stereocenters. The molecule has 0 aliphatic heterocycles. The molecule has 0 bridgehead atoms. The molecule has 2 aromatic carbocycles. The lowest BCUT2D eigenvalue weighted by Crippen LogP contribution is -1.94. The van der Waals surface area contributed by atoms with E-state index in [0.29, 0.717) is 13.1 Å². The van der Waals surface area contributed by atoms with E-state index in [4.69, 9.17) is 0 Å². The van der Waals surface area contributed by atoms with Crippen LogP contribution in [0.15, 0.2) is 46.4 Å². The molecule has 0 spiro atoms. The van der Waals surface area contributed by atoms with E-state index in [1.54, 1.807) is 24.6 Å². The number of unbranched alkanes of at least 4 members (excludes halogenated alkanes) is 10. The molecule has 4 nitrogen and oxygen atoms in total. The Kier molecular flexibility index (Phi) is 15.3. The Labute approximate surface area is 219 Å². The van der Waals surface area contributed by atoms with Crippen LogP contribution in [0.1, 0.15) is 113 Å². The first-order valence-electron chi connectivity index (χ1n) is 14.3. The third kappa shape index (κ3) is 12.4. The number of hydrogen-bond donors (Lipinski definition) is 2. The summed E-state index contributed by atoms with van der Waals surface area (Å²) in [5, 5.41) is 20.4. The maximum absolute atomic E-state index is 10.2. The molecule has 2 rings (SSSR count). The summed E-state index contributed by atoms with van der Waals surface area (Å²) >= 11 is 0. The summed E-state index contributed by atoms with van der Waals surface area (Å²) in [4.78, 5) is 8.91. The Hall–Kier alpha value is -2.62. The molecule has 0 aromatic heterocycles. The minimum atomic E-state index is 0.265. The van der Waals surface area contributed by atoms with Crippen molar-refractivity contribution >= 4 is 12.4 Å². The van der Waals surface area contributed by atoms with Gasteiger partial charge < -0.3 is 10.2 Å². The molecule has 2 N–H and O–H groups in total. The van der Waals surface area contributed by atoms with Crippen LogP contribution in [-0.4, -0.2) is 35.7 Å². The summed E-state index contributed by atoms with van der Waals surface area (Å²) in [6.07, 6.45) is 21.0. The van der Waals surface area contributed by atoms with Crippen molar-refractivity contribution in [2.75, 3.05) is 13.1 Å². The van der Waals surface area contributed by atoms with Gasteiger partial charge in [0.25, 0.3) is 0 Å². The Bertz CT molecular complexity index is 845. The minimum Gasteiger partial charge on any atom is -0.507 e. The first kappa shape index (κ1) is 29.6. The Morgan fingerprint density at radius 1 is 0.556 bits per heavy atom. The van der Waals surface area contributed by atoms with Gasteiger partial charge in [-0.1, -0.05) is 90.2 Å². The van der Waals surface area contributed by atoms with Gasteiger partial charge in [0.1, 0.15) is 11.5 Å². The van der Waals surface area contributed by atoms with E-state index in [0.717, 1.165) is 24.0 Å². The van der Waals surface area contributed by atoms with Gasteiger partial charge in [0.05, 0.1) is 13.1 Å². The summed E-state index contributed by atoms with van der Waals surface area (Å²) in [6, 6.07) is 11.6. The van der Waals surface area contributed by atoms with Crippen molar-refractivity contribution in [2.45, 2.75) is 104 Å². The van der Waals surface area contributed by atoms with Crippen molar-refractivity contribution in [1.82, 2.24) is 0 Å². The zero-order valence-corrected chi connectivity index (χ0v) is 22.7. The van der Waals surface area contributed by atoms with Crippen LogP contribution in [-0.2, 0) is 12.8 Å². The number of phenols is 2. The fourth-order valence-corrected chi connectivity index (χ4v) is 4.39. The number of nitrogens with zero attached hydrogens (tertiary/aromatic N) is 2. The lowest BCUT2D eigenvalue weighted by molar-refractivity contribution is 0.473. The Morgan fingerprint density at radius 3 is 1.36 bits per heavy atom. The van der Waals surface area contributed by atoms with Crippen LogP contribution in [0.25, 0.3) is 0 Å². The summed E-state index contributed by atoms with van der Waals surface area (Å²) in [7, 11) is 0. The van der Waals surface area contributed by atoms with Gasteiger partial charge in [-0.2, -0.15) is 0 Å². The van der Waals surface area contributed by atoms with Crippen LogP contribution in [0.2, 0.25) is 0 Å². The van der Waals surface area contributed by atoms with E-state index in [1.165, 1.54) is 88.2 Å². The largest absolute Gasteiger partial charge is 0.507 e. The third-order valence-corrected chi connectivity index (χ3v) is 6.64. The maximum Gasteiger partial charge on any atom is 0.124 e. The highest BCUT2D eigenvalue weighted by Gasteiger charge is 2.03. The zero-order valence-electron chi connectivity index (χ0n) is 22.7. The highest BCUT2D eigenvalue weighted by atomic mass is 16.3. The third-order valence-electron chi connectivity index (χ3n) is 6.64. The average molecular weight is 493 g/mol. The second-order valence-corrected chi connectivity index (χ2v) is 9.89. The first-order valence-corrected chi connectivity index (χ1v) is 14.3. The number of rotatable bonds is 19. The van der Waals surface area contributed by atoms with Gasteiger partial charge in [-0.25, -0.2) is 0 Å². The SMILES string of the molecule is CCCCCCCCc1ccc(O)c(C=NCCN=Cc2cc(CCCCCCCC)ccc2O)c1. The van der Waals surface area contributed by atoms with Crippen LogP contribution in [0.4, 0.5) is 0 Å². The molecule has 198 valence electrons. The topological polar surface area (TPSA) is 65.2 Å². The zero-order chi connectivity index (χ0) is 25.8. The average Bonchev–Trinajstić information content (AvgIpc) is 2.88. The highest BCUT2D eigenvalue weighted by molar-refractivity contribution is 5.84. The van der Waals surface area contributed by atoms with Gasteiger partial charge >= 0.3 is 0 Å². The Morgan fingerprint density at radius 2 is 0.944 bits per heavy atom. The van der Waals surface area contributed by atoms with Crippen LogP contribution >= 0.6 is 0 Å².